The molecule has 3 aliphatic rings. The average molecular weight is 337 g/mol. The van der Waals surface area contributed by atoms with Crippen LogP contribution >= 0.6 is 0 Å². The van der Waals surface area contributed by atoms with Gasteiger partial charge in [-0.05, 0) is 12.8 Å². The molecule has 0 aromatic carbocycles. The van der Waals surface area contributed by atoms with Gasteiger partial charge in [-0.25, -0.2) is 4.79 Å². The summed E-state index contributed by atoms with van der Waals surface area (Å²) in [6, 6.07) is 0.353. The zero-order chi connectivity index (χ0) is 17.1. The Labute approximate surface area is 142 Å². The summed E-state index contributed by atoms with van der Waals surface area (Å²) in [5.41, 5.74) is 0. The Morgan fingerprint density at radius 1 is 1.00 bits per heavy atom. The van der Waals surface area contributed by atoms with E-state index in [-0.39, 0.29) is 17.8 Å². The third-order valence-corrected chi connectivity index (χ3v) is 5.32. The Morgan fingerprint density at radius 2 is 1.62 bits per heavy atom. The summed E-state index contributed by atoms with van der Waals surface area (Å²) in [7, 11) is 0. The Bertz CT molecular complexity index is 496. The molecule has 0 aromatic heterocycles. The molecule has 8 heteroatoms. The van der Waals surface area contributed by atoms with Crippen LogP contribution in [0.15, 0.2) is 0 Å². The normalized spacial score (nSPS) is 23.5. The van der Waals surface area contributed by atoms with Crippen molar-refractivity contribution in [2.75, 3.05) is 58.9 Å². The first-order valence-corrected chi connectivity index (χ1v) is 8.84. The van der Waals surface area contributed by atoms with E-state index in [1.807, 2.05) is 9.80 Å². The molecule has 0 aromatic rings. The maximum Gasteiger partial charge on any atom is 0.317 e. The summed E-state index contributed by atoms with van der Waals surface area (Å²) < 4.78 is 0. The lowest BCUT2D eigenvalue weighted by atomic mass is 10.0. The maximum absolute atomic E-state index is 12.4. The monoisotopic (exact) mass is 337 g/mol. The lowest BCUT2D eigenvalue weighted by Gasteiger charge is -2.38. The van der Waals surface area contributed by atoms with E-state index in [9.17, 15) is 14.4 Å². The molecular formula is C16H27N5O3. The van der Waals surface area contributed by atoms with Crippen molar-refractivity contribution in [3.63, 3.8) is 0 Å². The van der Waals surface area contributed by atoms with Crippen molar-refractivity contribution < 1.29 is 14.4 Å². The minimum Gasteiger partial charge on any atom is -0.339 e. The van der Waals surface area contributed by atoms with Gasteiger partial charge in [0.25, 0.3) is 0 Å². The molecule has 0 aliphatic carbocycles. The number of amides is 4. The number of likely N-dealkylation sites (tertiary alicyclic amines) is 1. The lowest BCUT2D eigenvalue weighted by molar-refractivity contribution is -0.139. The highest BCUT2D eigenvalue weighted by Crippen LogP contribution is 2.18. The molecule has 3 heterocycles. The SMILES string of the molecule is CC(=O)N1CCN(C(=O)CN2CCC(N3CCNC3=O)CC2)CC1. The van der Waals surface area contributed by atoms with Gasteiger partial charge in [0.2, 0.25) is 11.8 Å². The van der Waals surface area contributed by atoms with E-state index in [4.69, 9.17) is 0 Å². The summed E-state index contributed by atoms with van der Waals surface area (Å²) in [6.45, 7) is 7.78. The Hall–Kier alpha value is -1.83. The zero-order valence-electron chi connectivity index (χ0n) is 14.4. The van der Waals surface area contributed by atoms with E-state index in [1.165, 1.54) is 0 Å². The Morgan fingerprint density at radius 3 is 2.17 bits per heavy atom. The van der Waals surface area contributed by atoms with Crippen molar-refractivity contribution in [1.82, 2.24) is 24.9 Å². The number of hydrogen-bond donors (Lipinski definition) is 1. The number of urea groups is 1. The largest absolute Gasteiger partial charge is 0.339 e. The quantitative estimate of drug-likeness (QED) is 0.729. The zero-order valence-corrected chi connectivity index (χ0v) is 14.4. The van der Waals surface area contributed by atoms with Gasteiger partial charge in [0.15, 0.2) is 0 Å². The molecule has 0 atom stereocenters. The second kappa shape index (κ2) is 7.38. The van der Waals surface area contributed by atoms with Crippen molar-refractivity contribution in [3.05, 3.63) is 0 Å². The first kappa shape index (κ1) is 17.0. The highest BCUT2D eigenvalue weighted by atomic mass is 16.2. The molecule has 0 spiro atoms. The van der Waals surface area contributed by atoms with Crippen LogP contribution < -0.4 is 5.32 Å². The minimum atomic E-state index is 0.0490. The number of piperidine rings is 1. The van der Waals surface area contributed by atoms with Crippen molar-refractivity contribution in [3.8, 4) is 0 Å². The predicted molar refractivity (Wildman–Crippen MR) is 88.4 cm³/mol. The molecule has 4 amide bonds. The molecular weight excluding hydrogens is 310 g/mol. The van der Waals surface area contributed by atoms with Crippen LogP contribution in [0.1, 0.15) is 19.8 Å². The second-order valence-corrected chi connectivity index (χ2v) is 6.82. The molecule has 1 N–H and O–H groups in total. The van der Waals surface area contributed by atoms with E-state index in [0.29, 0.717) is 38.8 Å². The molecule has 134 valence electrons. The van der Waals surface area contributed by atoms with E-state index < -0.39 is 0 Å². The number of rotatable bonds is 3. The fraction of sp³-hybridized carbons (Fsp3) is 0.812. The van der Waals surface area contributed by atoms with Crippen molar-refractivity contribution in [2.24, 2.45) is 0 Å². The van der Waals surface area contributed by atoms with Gasteiger partial charge in [0.1, 0.15) is 0 Å². The molecule has 3 rings (SSSR count). The molecule has 0 bridgehead atoms. The Balaban J connectivity index is 1.40. The second-order valence-electron chi connectivity index (χ2n) is 6.82. The van der Waals surface area contributed by atoms with Crippen LogP contribution in [0.4, 0.5) is 4.79 Å². The lowest BCUT2D eigenvalue weighted by Crippen LogP contribution is -2.53. The van der Waals surface area contributed by atoms with Gasteiger partial charge in [-0.1, -0.05) is 0 Å². The molecule has 3 fully saturated rings. The number of nitrogens with one attached hydrogen (secondary N) is 1. The van der Waals surface area contributed by atoms with Gasteiger partial charge in [-0.2, -0.15) is 0 Å². The number of nitrogens with zero attached hydrogens (tertiary/aromatic N) is 4. The summed E-state index contributed by atoms with van der Waals surface area (Å²) in [5, 5.41) is 2.85. The molecule has 0 radical (unpaired) electrons. The van der Waals surface area contributed by atoms with E-state index in [2.05, 4.69) is 10.2 Å². The van der Waals surface area contributed by atoms with Crippen LogP contribution in [0, 0.1) is 0 Å². The summed E-state index contributed by atoms with van der Waals surface area (Å²) in [6.07, 6.45) is 1.86. The Kier molecular flexibility index (Phi) is 5.23. The van der Waals surface area contributed by atoms with Crippen molar-refractivity contribution >= 4 is 17.8 Å². The maximum atomic E-state index is 12.4. The van der Waals surface area contributed by atoms with Gasteiger partial charge >= 0.3 is 6.03 Å². The molecule has 0 saturated carbocycles. The number of carbonyl (C=O) groups is 3. The van der Waals surface area contributed by atoms with Gasteiger partial charge < -0.3 is 20.0 Å². The van der Waals surface area contributed by atoms with Crippen LogP contribution in [0.5, 0.6) is 0 Å². The fourth-order valence-electron chi connectivity index (χ4n) is 3.79. The third kappa shape index (κ3) is 3.80. The summed E-state index contributed by atoms with van der Waals surface area (Å²) >= 11 is 0. The molecule has 8 nitrogen and oxygen atoms in total. The van der Waals surface area contributed by atoms with Crippen LogP contribution in [0.2, 0.25) is 0 Å². The fourth-order valence-corrected chi connectivity index (χ4v) is 3.79. The summed E-state index contributed by atoms with van der Waals surface area (Å²) in [5.74, 6) is 0.227. The van der Waals surface area contributed by atoms with Crippen molar-refractivity contribution in [1.29, 1.82) is 0 Å². The molecule has 3 aliphatic heterocycles. The number of carbonyl (C=O) groups excluding carboxylic acids is 3. The van der Waals surface area contributed by atoms with Gasteiger partial charge in [0, 0.05) is 65.3 Å². The number of hydrogen-bond acceptors (Lipinski definition) is 4. The van der Waals surface area contributed by atoms with Crippen LogP contribution in [0.25, 0.3) is 0 Å². The van der Waals surface area contributed by atoms with Gasteiger partial charge in [-0.3, -0.25) is 14.5 Å². The predicted octanol–water partition coefficient (Wildman–Crippen LogP) is -0.833. The first-order chi connectivity index (χ1) is 11.5. The van der Waals surface area contributed by atoms with Crippen molar-refractivity contribution in [2.45, 2.75) is 25.8 Å². The number of piperazine rings is 1. The third-order valence-electron chi connectivity index (χ3n) is 5.32. The van der Waals surface area contributed by atoms with Gasteiger partial charge in [-0.15, -0.1) is 0 Å². The van der Waals surface area contributed by atoms with E-state index >= 15 is 0 Å². The molecule has 3 saturated heterocycles. The minimum absolute atomic E-state index is 0.0490. The topological polar surface area (TPSA) is 76.2 Å². The standard InChI is InChI=1S/C16H27N5O3/c1-13(22)19-8-10-20(11-9-19)15(23)12-18-5-2-14(3-6-18)21-7-4-17-16(21)24/h14H,2-12H2,1H3,(H,17,24). The van der Waals surface area contributed by atoms with Crippen LogP contribution in [-0.2, 0) is 9.59 Å². The molecule has 0 unspecified atom stereocenters. The first-order valence-electron chi connectivity index (χ1n) is 8.84. The smallest absolute Gasteiger partial charge is 0.317 e. The molecule has 24 heavy (non-hydrogen) atoms. The average Bonchev–Trinajstić information content (AvgIpc) is 3.01. The highest BCUT2D eigenvalue weighted by Gasteiger charge is 2.31. The van der Waals surface area contributed by atoms with E-state index in [1.54, 1.807) is 11.8 Å². The van der Waals surface area contributed by atoms with Gasteiger partial charge in [0.05, 0.1) is 6.54 Å². The van der Waals surface area contributed by atoms with Crippen LogP contribution in [-0.4, -0.2) is 102 Å². The highest BCUT2D eigenvalue weighted by molar-refractivity contribution is 5.79. The summed E-state index contributed by atoms with van der Waals surface area (Å²) in [4.78, 5) is 43.3. The van der Waals surface area contributed by atoms with Crippen LogP contribution in [0.3, 0.4) is 0 Å². The van der Waals surface area contributed by atoms with E-state index in [0.717, 1.165) is 39.0 Å².